The van der Waals surface area contributed by atoms with Crippen LogP contribution in [0, 0.1) is 5.92 Å². The molecule has 0 atom stereocenters. The number of aromatic hydroxyl groups is 1. The third kappa shape index (κ3) is 11.9. The van der Waals surface area contributed by atoms with E-state index in [1.165, 1.54) is 89.0 Å². The van der Waals surface area contributed by atoms with Crippen LogP contribution < -0.4 is 0 Å². The lowest BCUT2D eigenvalue weighted by molar-refractivity contribution is -0.119. The van der Waals surface area contributed by atoms with E-state index in [0.29, 0.717) is 11.5 Å². The van der Waals surface area contributed by atoms with Crippen LogP contribution in [0.15, 0.2) is 24.3 Å². The minimum absolute atomic E-state index is 0.359. The molecule has 1 aromatic rings. The molecule has 0 radical (unpaired) electrons. The van der Waals surface area contributed by atoms with Crippen LogP contribution in [0.3, 0.4) is 0 Å². The molecule has 1 saturated carbocycles. The summed E-state index contributed by atoms with van der Waals surface area (Å²) in [6.45, 7) is 0. The third-order valence-electron chi connectivity index (χ3n) is 5.82. The summed E-state index contributed by atoms with van der Waals surface area (Å²) in [6, 6.07) is 7.62. The maximum Gasteiger partial charge on any atom is 0.133 e. The first-order chi connectivity index (χ1) is 13.2. The van der Waals surface area contributed by atoms with Gasteiger partial charge in [0, 0.05) is 12.8 Å². The van der Waals surface area contributed by atoms with E-state index in [4.69, 9.17) is 0 Å². The van der Waals surface area contributed by atoms with Gasteiger partial charge in [0.15, 0.2) is 0 Å². The molecule has 0 amide bonds. The molecule has 152 valence electrons. The number of phenols is 1. The number of Topliss-reactive ketones (excluding diaryl/α,β-unsaturated/α-hetero) is 1. The Balaban J connectivity index is 1.26. The normalized spacial score (nSPS) is 13.8. The van der Waals surface area contributed by atoms with Crippen molar-refractivity contribution in [2.24, 2.45) is 5.92 Å². The number of carbonyl (C=O) groups excluding carboxylic acids is 1. The zero-order valence-corrected chi connectivity index (χ0v) is 17.3. The van der Waals surface area contributed by atoms with Gasteiger partial charge in [0.25, 0.3) is 0 Å². The van der Waals surface area contributed by atoms with Crippen molar-refractivity contribution in [1.82, 2.24) is 0 Å². The van der Waals surface area contributed by atoms with Crippen molar-refractivity contribution >= 4 is 5.78 Å². The molecule has 1 aliphatic rings. The van der Waals surface area contributed by atoms with E-state index in [9.17, 15) is 9.90 Å². The average molecular weight is 373 g/mol. The molecule has 0 saturated heterocycles. The second kappa shape index (κ2) is 13.8. The molecule has 0 bridgehead atoms. The van der Waals surface area contributed by atoms with E-state index in [1.807, 2.05) is 12.1 Å². The minimum Gasteiger partial charge on any atom is -0.508 e. The predicted octanol–water partition coefficient (Wildman–Crippen LogP) is 7.38. The average Bonchev–Trinajstić information content (AvgIpc) is 3.47. The van der Waals surface area contributed by atoms with E-state index < -0.39 is 0 Å². The lowest BCUT2D eigenvalue weighted by Crippen LogP contribution is -1.98. The van der Waals surface area contributed by atoms with Crippen molar-refractivity contribution < 1.29 is 9.90 Å². The molecule has 27 heavy (non-hydrogen) atoms. The summed E-state index contributed by atoms with van der Waals surface area (Å²) in [5.41, 5.74) is 1.33. The Labute approximate surface area is 166 Å². The van der Waals surface area contributed by atoms with Crippen LogP contribution in [-0.2, 0) is 11.2 Å². The van der Waals surface area contributed by atoms with E-state index in [0.717, 1.165) is 31.6 Å². The Hall–Kier alpha value is -1.31. The van der Waals surface area contributed by atoms with E-state index in [2.05, 4.69) is 0 Å². The van der Waals surface area contributed by atoms with Crippen LogP contribution >= 0.6 is 0 Å². The number of ketones is 1. The molecule has 0 unspecified atom stereocenters. The SMILES string of the molecule is O=C(CCCCCCCCCCCCCCc1ccc(O)cc1)CC1CC1. The summed E-state index contributed by atoms with van der Waals surface area (Å²) in [5, 5.41) is 9.28. The Bertz CT molecular complexity index is 502. The smallest absolute Gasteiger partial charge is 0.133 e. The summed E-state index contributed by atoms with van der Waals surface area (Å²) in [6.07, 6.45) is 21.3. The van der Waals surface area contributed by atoms with Crippen molar-refractivity contribution in [2.75, 3.05) is 0 Å². The van der Waals surface area contributed by atoms with Gasteiger partial charge in [-0.15, -0.1) is 0 Å². The number of rotatable bonds is 17. The lowest BCUT2D eigenvalue weighted by atomic mass is 10.0. The van der Waals surface area contributed by atoms with Crippen molar-refractivity contribution in [3.8, 4) is 5.75 Å². The van der Waals surface area contributed by atoms with Crippen LogP contribution in [0.1, 0.15) is 108 Å². The molecule has 0 heterocycles. The maximum atomic E-state index is 11.7. The van der Waals surface area contributed by atoms with Crippen molar-refractivity contribution in [2.45, 2.75) is 109 Å². The molecule has 2 nitrogen and oxygen atoms in total. The molecule has 2 heteroatoms. The molecule has 1 N–H and O–H groups in total. The fraction of sp³-hybridized carbons (Fsp3) is 0.720. The van der Waals surface area contributed by atoms with Crippen LogP contribution in [0.4, 0.5) is 0 Å². The number of carbonyl (C=O) groups is 1. The quantitative estimate of drug-likeness (QED) is 0.290. The third-order valence-corrected chi connectivity index (χ3v) is 5.82. The first-order valence-electron chi connectivity index (χ1n) is 11.5. The van der Waals surface area contributed by atoms with Crippen LogP contribution in [0.2, 0.25) is 0 Å². The summed E-state index contributed by atoms with van der Waals surface area (Å²) in [7, 11) is 0. The molecule has 1 fully saturated rings. The first-order valence-corrected chi connectivity index (χ1v) is 11.5. The summed E-state index contributed by atoms with van der Waals surface area (Å²) in [4.78, 5) is 11.7. The second-order valence-corrected chi connectivity index (χ2v) is 8.60. The van der Waals surface area contributed by atoms with Gasteiger partial charge < -0.3 is 5.11 Å². The highest BCUT2D eigenvalue weighted by Gasteiger charge is 2.23. The number of hydrogen-bond acceptors (Lipinski definition) is 2. The van der Waals surface area contributed by atoms with Crippen LogP contribution in [0.5, 0.6) is 5.75 Å². The predicted molar refractivity (Wildman–Crippen MR) is 114 cm³/mol. The number of benzene rings is 1. The Morgan fingerprint density at radius 3 is 1.74 bits per heavy atom. The van der Waals surface area contributed by atoms with Crippen molar-refractivity contribution in [1.29, 1.82) is 0 Å². The summed E-state index contributed by atoms with van der Waals surface area (Å²) >= 11 is 0. The van der Waals surface area contributed by atoms with Gasteiger partial charge in [-0.05, 0) is 55.7 Å². The molecule has 1 aromatic carbocycles. The van der Waals surface area contributed by atoms with Crippen molar-refractivity contribution in [3.63, 3.8) is 0 Å². The van der Waals surface area contributed by atoms with E-state index in [-0.39, 0.29) is 0 Å². The number of hydrogen-bond donors (Lipinski definition) is 1. The highest BCUT2D eigenvalue weighted by Crippen LogP contribution is 2.33. The van der Waals surface area contributed by atoms with Gasteiger partial charge in [0.1, 0.15) is 11.5 Å². The Morgan fingerprint density at radius 1 is 0.741 bits per heavy atom. The van der Waals surface area contributed by atoms with Gasteiger partial charge in [-0.3, -0.25) is 4.79 Å². The number of aryl methyl sites for hydroxylation is 1. The standard InChI is InChI=1S/C25H40O2/c26-24-19-17-22(18-20-24)13-11-9-7-5-3-1-2-4-6-8-10-12-14-25(27)21-23-15-16-23/h17-20,23,26H,1-16,21H2. The van der Waals surface area contributed by atoms with Crippen LogP contribution in [0.25, 0.3) is 0 Å². The molecular formula is C25H40O2. The van der Waals surface area contributed by atoms with Gasteiger partial charge in [0.05, 0.1) is 0 Å². The van der Waals surface area contributed by atoms with E-state index >= 15 is 0 Å². The summed E-state index contributed by atoms with van der Waals surface area (Å²) in [5.74, 6) is 1.63. The molecule has 0 aliphatic heterocycles. The monoisotopic (exact) mass is 372 g/mol. The van der Waals surface area contributed by atoms with Gasteiger partial charge in [-0.1, -0.05) is 76.3 Å². The highest BCUT2D eigenvalue weighted by molar-refractivity contribution is 5.78. The van der Waals surface area contributed by atoms with Gasteiger partial charge >= 0.3 is 0 Å². The molecule has 0 aromatic heterocycles. The Morgan fingerprint density at radius 2 is 1.22 bits per heavy atom. The fourth-order valence-corrected chi connectivity index (χ4v) is 3.83. The maximum absolute atomic E-state index is 11.7. The molecule has 2 rings (SSSR count). The zero-order valence-electron chi connectivity index (χ0n) is 17.3. The largest absolute Gasteiger partial charge is 0.508 e. The summed E-state index contributed by atoms with van der Waals surface area (Å²) < 4.78 is 0. The molecule has 0 spiro atoms. The first kappa shape index (κ1) is 22.0. The topological polar surface area (TPSA) is 37.3 Å². The lowest BCUT2D eigenvalue weighted by Gasteiger charge is -2.04. The van der Waals surface area contributed by atoms with Crippen LogP contribution in [-0.4, -0.2) is 10.9 Å². The van der Waals surface area contributed by atoms with E-state index in [1.54, 1.807) is 12.1 Å². The minimum atomic E-state index is 0.359. The second-order valence-electron chi connectivity index (χ2n) is 8.60. The molecular weight excluding hydrogens is 332 g/mol. The fourth-order valence-electron chi connectivity index (χ4n) is 3.83. The zero-order chi connectivity index (χ0) is 19.2. The van der Waals surface area contributed by atoms with Gasteiger partial charge in [0.2, 0.25) is 0 Å². The number of phenolic OH excluding ortho intramolecular Hbond substituents is 1. The van der Waals surface area contributed by atoms with Gasteiger partial charge in [-0.2, -0.15) is 0 Å². The highest BCUT2D eigenvalue weighted by atomic mass is 16.3. The Kier molecular flexibility index (Phi) is 11.2. The number of unbranched alkanes of at least 4 members (excludes halogenated alkanes) is 11. The van der Waals surface area contributed by atoms with Gasteiger partial charge in [-0.25, -0.2) is 0 Å². The molecule has 1 aliphatic carbocycles. The van der Waals surface area contributed by atoms with Crippen molar-refractivity contribution in [3.05, 3.63) is 29.8 Å².